The van der Waals surface area contributed by atoms with Crippen molar-refractivity contribution >= 4 is 11.9 Å². The Hall–Kier alpha value is -3.53. The molecule has 4 nitrogen and oxygen atoms in total. The first-order valence-electron chi connectivity index (χ1n) is 8.08. The number of para-hydroxylation sites is 1. The van der Waals surface area contributed by atoms with Crippen LogP contribution < -0.4 is 9.47 Å². The summed E-state index contributed by atoms with van der Waals surface area (Å²) >= 11 is 0. The van der Waals surface area contributed by atoms with Crippen molar-refractivity contribution in [3.63, 3.8) is 0 Å². The molecule has 26 heavy (non-hydrogen) atoms. The normalized spacial score (nSPS) is 10.7. The van der Waals surface area contributed by atoms with E-state index in [4.69, 9.17) is 9.47 Å². The van der Waals surface area contributed by atoms with Gasteiger partial charge in [0.05, 0.1) is 12.7 Å². The second-order valence-corrected chi connectivity index (χ2v) is 5.57. The van der Waals surface area contributed by atoms with Gasteiger partial charge in [-0.2, -0.15) is 0 Å². The lowest BCUT2D eigenvalue weighted by molar-refractivity contribution is 0.104. The molecule has 0 saturated carbocycles. The Morgan fingerprint density at radius 1 is 0.885 bits per heavy atom. The molecule has 1 N–H and O–H groups in total. The topological polar surface area (TPSA) is 55.8 Å². The van der Waals surface area contributed by atoms with E-state index >= 15 is 0 Å². The number of phenolic OH excluding ortho intramolecular Hbond substituents is 1. The van der Waals surface area contributed by atoms with Crippen molar-refractivity contribution in [1.82, 2.24) is 0 Å². The standard InChI is InChI=1S/C22H18O4/c1-25-18-9-5-6-16(14-18)10-13-21(23)20-12-11-19(15-22(20)24)26-17-7-3-2-4-8-17/h2-15,24H,1H3/b13-10+. The summed E-state index contributed by atoms with van der Waals surface area (Å²) in [5.74, 6) is 1.41. The largest absolute Gasteiger partial charge is 0.507 e. The number of hydrogen-bond donors (Lipinski definition) is 1. The summed E-state index contributed by atoms with van der Waals surface area (Å²) in [5.41, 5.74) is 1.05. The van der Waals surface area contributed by atoms with Crippen LogP contribution in [0.4, 0.5) is 0 Å². The number of carbonyl (C=O) groups excluding carboxylic acids is 1. The van der Waals surface area contributed by atoms with Crippen molar-refractivity contribution in [3.05, 3.63) is 90.0 Å². The number of aromatic hydroxyl groups is 1. The van der Waals surface area contributed by atoms with Crippen LogP contribution in [0.25, 0.3) is 6.08 Å². The van der Waals surface area contributed by atoms with Crippen molar-refractivity contribution in [2.45, 2.75) is 0 Å². The second-order valence-electron chi connectivity index (χ2n) is 5.57. The molecule has 0 unspecified atom stereocenters. The zero-order chi connectivity index (χ0) is 18.4. The lowest BCUT2D eigenvalue weighted by atomic mass is 10.1. The van der Waals surface area contributed by atoms with E-state index in [1.807, 2.05) is 54.6 Å². The van der Waals surface area contributed by atoms with Gasteiger partial charge in [-0.1, -0.05) is 36.4 Å². The van der Waals surface area contributed by atoms with E-state index < -0.39 is 0 Å². The summed E-state index contributed by atoms with van der Waals surface area (Å²) < 4.78 is 10.8. The summed E-state index contributed by atoms with van der Waals surface area (Å²) in [6.45, 7) is 0. The molecule has 0 aliphatic rings. The fraction of sp³-hybridized carbons (Fsp3) is 0.0455. The molecular formula is C22H18O4. The Labute approximate surface area is 151 Å². The average molecular weight is 346 g/mol. The van der Waals surface area contributed by atoms with Crippen LogP contribution in [0, 0.1) is 0 Å². The van der Waals surface area contributed by atoms with Crippen LogP contribution in [0.1, 0.15) is 15.9 Å². The van der Waals surface area contributed by atoms with E-state index in [0.29, 0.717) is 17.2 Å². The third kappa shape index (κ3) is 4.30. The molecule has 0 heterocycles. The fourth-order valence-corrected chi connectivity index (χ4v) is 2.41. The maximum absolute atomic E-state index is 12.3. The molecule has 3 aromatic rings. The van der Waals surface area contributed by atoms with Gasteiger partial charge in [-0.25, -0.2) is 0 Å². The Bertz CT molecular complexity index is 930. The molecule has 3 rings (SSSR count). The lowest BCUT2D eigenvalue weighted by Crippen LogP contribution is -1.95. The molecular weight excluding hydrogens is 328 g/mol. The van der Waals surface area contributed by atoms with Gasteiger partial charge in [0, 0.05) is 6.07 Å². The molecule has 0 radical (unpaired) electrons. The molecule has 0 spiro atoms. The molecule has 0 aromatic heterocycles. The van der Waals surface area contributed by atoms with Gasteiger partial charge in [0.2, 0.25) is 0 Å². The average Bonchev–Trinajstić information content (AvgIpc) is 2.67. The molecule has 0 amide bonds. The van der Waals surface area contributed by atoms with Crippen LogP contribution in [0.15, 0.2) is 78.9 Å². The Kier molecular flexibility index (Phi) is 5.34. The maximum atomic E-state index is 12.3. The van der Waals surface area contributed by atoms with Gasteiger partial charge in [-0.15, -0.1) is 0 Å². The number of methoxy groups -OCH3 is 1. The van der Waals surface area contributed by atoms with Crippen LogP contribution >= 0.6 is 0 Å². The molecule has 4 heteroatoms. The number of ketones is 1. The van der Waals surface area contributed by atoms with Gasteiger partial charge in [0.1, 0.15) is 23.0 Å². The molecule has 0 aliphatic heterocycles. The zero-order valence-electron chi connectivity index (χ0n) is 14.3. The number of carbonyl (C=O) groups is 1. The van der Waals surface area contributed by atoms with Crippen LogP contribution in [0.3, 0.4) is 0 Å². The first-order valence-corrected chi connectivity index (χ1v) is 8.08. The van der Waals surface area contributed by atoms with Gasteiger partial charge in [-0.05, 0) is 48.0 Å². The highest BCUT2D eigenvalue weighted by molar-refractivity contribution is 6.08. The Morgan fingerprint density at radius 2 is 1.65 bits per heavy atom. The summed E-state index contributed by atoms with van der Waals surface area (Å²) in [6.07, 6.45) is 3.10. The van der Waals surface area contributed by atoms with Gasteiger partial charge in [0.15, 0.2) is 5.78 Å². The van der Waals surface area contributed by atoms with Crippen LogP contribution in [-0.2, 0) is 0 Å². The van der Waals surface area contributed by atoms with Crippen molar-refractivity contribution in [2.24, 2.45) is 0 Å². The monoisotopic (exact) mass is 346 g/mol. The number of hydrogen-bond acceptors (Lipinski definition) is 4. The van der Waals surface area contributed by atoms with Gasteiger partial charge in [0.25, 0.3) is 0 Å². The number of benzene rings is 3. The molecule has 130 valence electrons. The molecule has 0 bridgehead atoms. The van der Waals surface area contributed by atoms with E-state index in [9.17, 15) is 9.90 Å². The Balaban J connectivity index is 1.74. The number of ether oxygens (including phenoxy) is 2. The minimum atomic E-state index is -0.295. The van der Waals surface area contributed by atoms with Crippen LogP contribution in [-0.4, -0.2) is 18.0 Å². The van der Waals surface area contributed by atoms with Crippen molar-refractivity contribution in [2.75, 3.05) is 7.11 Å². The van der Waals surface area contributed by atoms with Gasteiger partial charge in [-0.3, -0.25) is 4.79 Å². The van der Waals surface area contributed by atoms with Crippen molar-refractivity contribution in [3.8, 4) is 23.0 Å². The van der Waals surface area contributed by atoms with E-state index in [2.05, 4.69) is 0 Å². The third-order valence-electron chi connectivity index (χ3n) is 3.73. The minimum Gasteiger partial charge on any atom is -0.507 e. The summed E-state index contributed by atoms with van der Waals surface area (Å²) in [7, 11) is 1.59. The molecule has 0 saturated heterocycles. The summed E-state index contributed by atoms with van der Waals surface area (Å²) in [5, 5.41) is 10.2. The summed E-state index contributed by atoms with van der Waals surface area (Å²) in [6, 6.07) is 21.2. The first-order chi connectivity index (χ1) is 12.7. The van der Waals surface area contributed by atoms with Crippen molar-refractivity contribution in [1.29, 1.82) is 0 Å². The van der Waals surface area contributed by atoms with E-state index in [1.165, 1.54) is 12.1 Å². The van der Waals surface area contributed by atoms with E-state index in [-0.39, 0.29) is 17.1 Å². The zero-order valence-corrected chi connectivity index (χ0v) is 14.3. The highest BCUT2D eigenvalue weighted by Crippen LogP contribution is 2.28. The van der Waals surface area contributed by atoms with Gasteiger partial charge < -0.3 is 14.6 Å². The summed E-state index contributed by atoms with van der Waals surface area (Å²) in [4.78, 5) is 12.3. The third-order valence-corrected chi connectivity index (χ3v) is 3.73. The highest BCUT2D eigenvalue weighted by atomic mass is 16.5. The smallest absolute Gasteiger partial charge is 0.189 e. The predicted molar refractivity (Wildman–Crippen MR) is 101 cm³/mol. The number of allylic oxidation sites excluding steroid dienone is 1. The quantitative estimate of drug-likeness (QED) is 0.499. The van der Waals surface area contributed by atoms with Crippen LogP contribution in [0.2, 0.25) is 0 Å². The van der Waals surface area contributed by atoms with E-state index in [1.54, 1.807) is 25.3 Å². The molecule has 3 aromatic carbocycles. The molecule has 0 aliphatic carbocycles. The second kappa shape index (κ2) is 8.03. The number of rotatable bonds is 6. The SMILES string of the molecule is COc1cccc(/C=C/C(=O)c2ccc(Oc3ccccc3)cc2O)c1. The van der Waals surface area contributed by atoms with Crippen LogP contribution in [0.5, 0.6) is 23.0 Å². The fourth-order valence-electron chi connectivity index (χ4n) is 2.41. The first kappa shape index (κ1) is 17.3. The maximum Gasteiger partial charge on any atom is 0.189 e. The highest BCUT2D eigenvalue weighted by Gasteiger charge is 2.10. The number of phenols is 1. The Morgan fingerprint density at radius 3 is 2.38 bits per heavy atom. The molecule has 0 atom stereocenters. The lowest BCUT2D eigenvalue weighted by Gasteiger charge is -2.07. The van der Waals surface area contributed by atoms with Gasteiger partial charge >= 0.3 is 0 Å². The molecule has 0 fully saturated rings. The van der Waals surface area contributed by atoms with Crippen molar-refractivity contribution < 1.29 is 19.4 Å². The van der Waals surface area contributed by atoms with E-state index in [0.717, 1.165) is 5.56 Å². The minimum absolute atomic E-state index is 0.126. The predicted octanol–water partition coefficient (Wildman–Crippen LogP) is 5.09.